The molecule has 3 N–H and O–H groups in total. The number of unbranched alkanes of at least 4 members (excludes halogenated alkanes) is 15. The lowest BCUT2D eigenvalue weighted by Gasteiger charge is -2.19. The number of ether oxygens (including phenoxy) is 2. The lowest BCUT2D eigenvalue weighted by molar-refractivity contribution is -0.161. The first-order valence-electron chi connectivity index (χ1n) is 15.0. The van der Waals surface area contributed by atoms with Gasteiger partial charge in [-0.15, -0.1) is 0 Å². The van der Waals surface area contributed by atoms with Crippen LogP contribution in [0.2, 0.25) is 0 Å². The van der Waals surface area contributed by atoms with Crippen LogP contribution in [-0.4, -0.2) is 49.3 Å². The molecule has 0 saturated heterocycles. The van der Waals surface area contributed by atoms with Crippen molar-refractivity contribution in [2.75, 3.05) is 26.4 Å². The Labute approximate surface area is 231 Å². The zero-order valence-corrected chi connectivity index (χ0v) is 25.1. The van der Waals surface area contributed by atoms with Gasteiger partial charge in [0.25, 0.3) is 0 Å². The Balaban J connectivity index is 4.35. The summed E-state index contributed by atoms with van der Waals surface area (Å²) in [6, 6.07) is 0. The molecule has 226 valence electrons. The summed E-state index contributed by atoms with van der Waals surface area (Å²) < 4.78 is 32.3. The molecular weight excluding hydrogens is 509 g/mol. The highest BCUT2D eigenvalue weighted by atomic mass is 31.2. The highest BCUT2D eigenvalue weighted by Gasteiger charge is 2.25. The van der Waals surface area contributed by atoms with Crippen molar-refractivity contribution in [1.82, 2.24) is 0 Å². The number of phosphoric acid groups is 1. The quantitative estimate of drug-likeness (QED) is 0.0585. The second kappa shape index (κ2) is 26.2. The van der Waals surface area contributed by atoms with Crippen LogP contribution >= 0.6 is 7.82 Å². The molecule has 0 radical (unpaired) electrons. The molecule has 0 bridgehead atoms. The Morgan fingerprint density at radius 1 is 0.684 bits per heavy atom. The monoisotopic (exact) mass is 565 g/mol. The Hall–Kier alpha value is -0.990. The number of carbonyl (C=O) groups is 2. The summed E-state index contributed by atoms with van der Waals surface area (Å²) in [4.78, 5) is 34.2. The normalized spacial score (nSPS) is 13.7. The molecule has 0 aromatic heterocycles. The van der Waals surface area contributed by atoms with Gasteiger partial charge in [-0.2, -0.15) is 0 Å². The third-order valence-electron chi connectivity index (χ3n) is 6.24. The predicted octanol–water partition coefficient (Wildman–Crippen LogP) is 6.99. The molecule has 0 amide bonds. The Bertz CT molecular complexity index is 620. The fourth-order valence-corrected chi connectivity index (χ4v) is 4.75. The lowest BCUT2D eigenvalue weighted by Crippen LogP contribution is -2.29. The molecule has 9 nitrogen and oxygen atoms in total. The van der Waals surface area contributed by atoms with E-state index in [9.17, 15) is 19.0 Å². The van der Waals surface area contributed by atoms with Gasteiger partial charge in [-0.3, -0.25) is 18.6 Å². The first kappa shape index (κ1) is 37.0. The smallest absolute Gasteiger partial charge is 0.462 e. The molecule has 0 aliphatic heterocycles. The molecule has 0 rings (SSSR count). The lowest BCUT2D eigenvalue weighted by atomic mass is 10.1. The topological polar surface area (TPSA) is 134 Å². The Morgan fingerprint density at radius 3 is 1.61 bits per heavy atom. The van der Waals surface area contributed by atoms with Crippen molar-refractivity contribution >= 4 is 19.8 Å². The van der Waals surface area contributed by atoms with Gasteiger partial charge in [0.2, 0.25) is 0 Å². The van der Waals surface area contributed by atoms with Crippen LogP contribution in [0, 0.1) is 0 Å². The van der Waals surface area contributed by atoms with Gasteiger partial charge in [0.05, 0.1) is 13.2 Å². The average Bonchev–Trinajstić information content (AvgIpc) is 2.89. The van der Waals surface area contributed by atoms with E-state index in [2.05, 4.69) is 13.8 Å². The maximum atomic E-state index is 12.3. The Kier molecular flexibility index (Phi) is 25.6. The molecule has 0 spiro atoms. The summed E-state index contributed by atoms with van der Waals surface area (Å²) in [6.45, 7) is 3.64. The summed E-state index contributed by atoms with van der Waals surface area (Å²) in [6.07, 6.45) is 18.7. The summed E-state index contributed by atoms with van der Waals surface area (Å²) >= 11 is 0. The number of hydrogen-bond acceptors (Lipinski definition) is 8. The minimum atomic E-state index is -4.35. The number of phosphoric ester groups is 1. The van der Waals surface area contributed by atoms with Crippen LogP contribution < -0.4 is 5.73 Å². The fraction of sp³-hybridized carbons (Fsp3) is 0.929. The largest absolute Gasteiger partial charge is 0.472 e. The number of hydrogen-bond donors (Lipinski definition) is 2. The van der Waals surface area contributed by atoms with E-state index in [0.29, 0.717) is 6.42 Å². The predicted molar refractivity (Wildman–Crippen MR) is 151 cm³/mol. The van der Waals surface area contributed by atoms with Crippen LogP contribution in [0.25, 0.3) is 0 Å². The van der Waals surface area contributed by atoms with E-state index in [1.165, 1.54) is 64.2 Å². The number of carbonyl (C=O) groups excluding carboxylic acids is 2. The zero-order valence-electron chi connectivity index (χ0n) is 24.2. The SMILES string of the molecule is CCCCCCCCCCCC(=O)OCC(COP(=O)(O)OCCN)OC(=O)CCCCCCCCCC. The van der Waals surface area contributed by atoms with Crippen LogP contribution in [0.5, 0.6) is 0 Å². The van der Waals surface area contributed by atoms with Crippen LogP contribution in [0.3, 0.4) is 0 Å². The van der Waals surface area contributed by atoms with Gasteiger partial charge in [0, 0.05) is 19.4 Å². The molecule has 2 unspecified atom stereocenters. The second-order valence-corrected chi connectivity index (χ2v) is 11.4. The van der Waals surface area contributed by atoms with Crippen molar-refractivity contribution in [3.8, 4) is 0 Å². The molecule has 0 heterocycles. The minimum absolute atomic E-state index is 0.0569. The van der Waals surface area contributed by atoms with E-state index in [0.717, 1.165) is 38.5 Å². The molecule has 0 aliphatic carbocycles. The van der Waals surface area contributed by atoms with Crippen LogP contribution in [0.15, 0.2) is 0 Å². The average molecular weight is 566 g/mol. The third-order valence-corrected chi connectivity index (χ3v) is 7.23. The van der Waals surface area contributed by atoms with E-state index >= 15 is 0 Å². The van der Waals surface area contributed by atoms with Gasteiger partial charge in [0.15, 0.2) is 6.10 Å². The number of nitrogens with two attached hydrogens (primary N) is 1. The van der Waals surface area contributed by atoms with E-state index in [-0.39, 0.29) is 38.6 Å². The van der Waals surface area contributed by atoms with Gasteiger partial charge in [-0.1, -0.05) is 110 Å². The summed E-state index contributed by atoms with van der Waals surface area (Å²) in [5.74, 6) is -0.834. The molecule has 0 fully saturated rings. The first-order valence-corrected chi connectivity index (χ1v) is 16.5. The van der Waals surface area contributed by atoms with Gasteiger partial charge in [-0.05, 0) is 12.8 Å². The van der Waals surface area contributed by atoms with Crippen molar-refractivity contribution in [2.45, 2.75) is 142 Å². The molecule has 2 atom stereocenters. The highest BCUT2D eigenvalue weighted by molar-refractivity contribution is 7.47. The maximum absolute atomic E-state index is 12.3. The highest BCUT2D eigenvalue weighted by Crippen LogP contribution is 2.43. The van der Waals surface area contributed by atoms with Crippen LogP contribution in [-0.2, 0) is 32.7 Å². The van der Waals surface area contributed by atoms with Gasteiger partial charge >= 0.3 is 19.8 Å². The van der Waals surface area contributed by atoms with Gasteiger partial charge in [0.1, 0.15) is 6.61 Å². The zero-order chi connectivity index (χ0) is 28.3. The maximum Gasteiger partial charge on any atom is 0.472 e. The van der Waals surface area contributed by atoms with Crippen molar-refractivity contribution in [2.24, 2.45) is 5.73 Å². The van der Waals surface area contributed by atoms with Crippen molar-refractivity contribution in [1.29, 1.82) is 0 Å². The molecule has 0 aliphatic rings. The Morgan fingerprint density at radius 2 is 1.13 bits per heavy atom. The van der Waals surface area contributed by atoms with Gasteiger partial charge in [-0.25, -0.2) is 4.57 Å². The fourth-order valence-electron chi connectivity index (χ4n) is 3.98. The van der Waals surface area contributed by atoms with E-state index in [1.54, 1.807) is 0 Å². The summed E-state index contributed by atoms with van der Waals surface area (Å²) in [5.41, 5.74) is 5.29. The van der Waals surface area contributed by atoms with E-state index in [1.807, 2.05) is 0 Å². The van der Waals surface area contributed by atoms with E-state index in [4.69, 9.17) is 24.3 Å². The van der Waals surface area contributed by atoms with Crippen LogP contribution in [0.1, 0.15) is 136 Å². The molecular formula is C28H56NO8P. The minimum Gasteiger partial charge on any atom is -0.462 e. The second-order valence-electron chi connectivity index (χ2n) is 9.98. The van der Waals surface area contributed by atoms with Crippen molar-refractivity contribution < 1.29 is 37.6 Å². The van der Waals surface area contributed by atoms with Crippen molar-refractivity contribution in [3.63, 3.8) is 0 Å². The molecule has 38 heavy (non-hydrogen) atoms. The molecule has 10 heteroatoms. The molecule has 0 saturated carbocycles. The van der Waals surface area contributed by atoms with E-state index < -0.39 is 26.5 Å². The third kappa shape index (κ3) is 25.3. The number of rotatable bonds is 28. The van der Waals surface area contributed by atoms with Gasteiger partial charge < -0.3 is 20.1 Å². The molecule has 0 aromatic carbocycles. The summed E-state index contributed by atoms with van der Waals surface area (Å²) in [7, 11) is -4.35. The molecule has 0 aromatic rings. The van der Waals surface area contributed by atoms with Crippen LogP contribution in [0.4, 0.5) is 0 Å². The number of esters is 2. The summed E-state index contributed by atoms with van der Waals surface area (Å²) in [5, 5.41) is 0. The standard InChI is InChI=1S/C28H56NO8P/c1-3-5-7-9-11-13-15-16-18-20-27(30)34-24-26(25-36-38(32,33)35-23-22-29)37-28(31)21-19-17-14-12-10-8-6-4-2/h26H,3-25,29H2,1-2H3,(H,32,33). The first-order chi connectivity index (χ1) is 18.3. The van der Waals surface area contributed by atoms with Crippen molar-refractivity contribution in [3.05, 3.63) is 0 Å².